The number of hydrogen-bond donors (Lipinski definition) is 3. The van der Waals surface area contributed by atoms with E-state index in [9.17, 15) is 14.4 Å². The number of amides is 3. The maximum Gasteiger partial charge on any atom is 0.271 e. The molecule has 3 amide bonds. The van der Waals surface area contributed by atoms with Crippen LogP contribution in [0.25, 0.3) is 0 Å². The number of carbonyl (C=O) groups excluding carboxylic acids is 3. The van der Waals surface area contributed by atoms with Gasteiger partial charge in [0.25, 0.3) is 17.7 Å². The molecular formula is C22H18ClN3O4. The van der Waals surface area contributed by atoms with Crippen LogP contribution in [0, 0.1) is 0 Å². The number of hydrogen-bond acceptors (Lipinski definition) is 4. The Balaban J connectivity index is 1.66. The van der Waals surface area contributed by atoms with Gasteiger partial charge in [0, 0.05) is 16.1 Å². The highest BCUT2D eigenvalue weighted by Crippen LogP contribution is 2.17. The number of para-hydroxylation sites is 1. The fourth-order valence-electron chi connectivity index (χ4n) is 2.58. The highest BCUT2D eigenvalue weighted by atomic mass is 35.5. The second-order valence-electron chi connectivity index (χ2n) is 6.14. The van der Waals surface area contributed by atoms with Gasteiger partial charge < -0.3 is 10.1 Å². The smallest absolute Gasteiger partial charge is 0.271 e. The molecule has 3 aromatic carbocycles. The van der Waals surface area contributed by atoms with Gasteiger partial charge in [-0.2, -0.15) is 0 Å². The van der Waals surface area contributed by atoms with Gasteiger partial charge in [-0.3, -0.25) is 25.2 Å². The molecule has 0 radical (unpaired) electrons. The Bertz CT molecular complexity index is 1070. The average Bonchev–Trinajstić information content (AvgIpc) is 2.78. The minimum Gasteiger partial charge on any atom is -0.497 e. The number of methoxy groups -OCH3 is 1. The zero-order valence-corrected chi connectivity index (χ0v) is 16.7. The largest absolute Gasteiger partial charge is 0.497 e. The lowest BCUT2D eigenvalue weighted by Crippen LogP contribution is -2.41. The number of ether oxygens (including phenoxy) is 1. The van der Waals surface area contributed by atoms with E-state index in [2.05, 4.69) is 16.2 Å². The first-order chi connectivity index (χ1) is 14.5. The molecule has 3 N–H and O–H groups in total. The van der Waals surface area contributed by atoms with Gasteiger partial charge in [0.2, 0.25) is 0 Å². The molecule has 0 saturated heterocycles. The number of halogens is 1. The molecule has 8 heteroatoms. The maximum atomic E-state index is 12.5. The number of nitrogens with one attached hydrogen (secondary N) is 3. The summed E-state index contributed by atoms with van der Waals surface area (Å²) in [5.74, 6) is -0.854. The average molecular weight is 424 g/mol. The fourth-order valence-corrected chi connectivity index (χ4v) is 2.71. The van der Waals surface area contributed by atoms with E-state index in [1.54, 1.807) is 66.7 Å². The molecule has 3 rings (SSSR count). The van der Waals surface area contributed by atoms with Gasteiger partial charge in [-0.15, -0.1) is 0 Å². The number of hydrazine groups is 1. The third kappa shape index (κ3) is 5.15. The van der Waals surface area contributed by atoms with Gasteiger partial charge in [-0.25, -0.2) is 0 Å². The summed E-state index contributed by atoms with van der Waals surface area (Å²) in [7, 11) is 1.53. The van der Waals surface area contributed by atoms with E-state index in [4.69, 9.17) is 16.3 Å². The predicted molar refractivity (Wildman–Crippen MR) is 114 cm³/mol. The van der Waals surface area contributed by atoms with Crippen molar-refractivity contribution >= 4 is 35.0 Å². The number of anilines is 1. The first-order valence-corrected chi connectivity index (χ1v) is 9.26. The number of benzene rings is 3. The summed E-state index contributed by atoms with van der Waals surface area (Å²) in [6.07, 6.45) is 0. The summed E-state index contributed by atoms with van der Waals surface area (Å²) in [4.78, 5) is 37.2. The Morgan fingerprint density at radius 2 is 1.30 bits per heavy atom. The second-order valence-corrected chi connectivity index (χ2v) is 6.58. The van der Waals surface area contributed by atoms with Gasteiger partial charge in [0.1, 0.15) is 5.75 Å². The fraction of sp³-hybridized carbons (Fsp3) is 0.0455. The molecule has 0 aliphatic heterocycles. The molecule has 0 spiro atoms. The summed E-state index contributed by atoms with van der Waals surface area (Å²) in [6.45, 7) is 0. The Kier molecular flexibility index (Phi) is 6.67. The van der Waals surface area contributed by atoms with E-state index >= 15 is 0 Å². The van der Waals surface area contributed by atoms with E-state index in [1.165, 1.54) is 13.2 Å². The van der Waals surface area contributed by atoms with Gasteiger partial charge in [0.05, 0.1) is 18.4 Å². The summed E-state index contributed by atoms with van der Waals surface area (Å²) in [6, 6.07) is 19.2. The quantitative estimate of drug-likeness (QED) is 0.545. The topological polar surface area (TPSA) is 96.5 Å². The second kappa shape index (κ2) is 9.58. The van der Waals surface area contributed by atoms with Crippen molar-refractivity contribution in [1.29, 1.82) is 0 Å². The lowest BCUT2D eigenvalue weighted by molar-refractivity contribution is 0.0847. The zero-order valence-electron chi connectivity index (χ0n) is 15.9. The highest BCUT2D eigenvalue weighted by molar-refractivity contribution is 6.30. The van der Waals surface area contributed by atoms with Crippen molar-refractivity contribution in [3.63, 3.8) is 0 Å². The molecular weight excluding hydrogens is 406 g/mol. The van der Waals surface area contributed by atoms with E-state index in [0.29, 0.717) is 27.6 Å². The molecule has 0 unspecified atom stereocenters. The molecule has 0 saturated carbocycles. The van der Waals surface area contributed by atoms with Crippen molar-refractivity contribution in [2.45, 2.75) is 0 Å². The van der Waals surface area contributed by atoms with Crippen LogP contribution in [0.2, 0.25) is 5.02 Å². The van der Waals surface area contributed by atoms with Crippen LogP contribution in [-0.2, 0) is 0 Å². The molecule has 0 atom stereocenters. The third-order valence-electron chi connectivity index (χ3n) is 4.17. The molecule has 152 valence electrons. The lowest BCUT2D eigenvalue weighted by atomic mass is 10.1. The van der Waals surface area contributed by atoms with Crippen molar-refractivity contribution in [2.75, 3.05) is 12.4 Å². The Labute approximate surface area is 178 Å². The molecule has 0 bridgehead atoms. The van der Waals surface area contributed by atoms with Crippen molar-refractivity contribution in [2.24, 2.45) is 0 Å². The Morgan fingerprint density at radius 1 is 0.733 bits per heavy atom. The third-order valence-corrected chi connectivity index (χ3v) is 4.42. The van der Waals surface area contributed by atoms with Gasteiger partial charge in [0.15, 0.2) is 0 Å². The van der Waals surface area contributed by atoms with E-state index in [-0.39, 0.29) is 5.56 Å². The van der Waals surface area contributed by atoms with Crippen LogP contribution in [-0.4, -0.2) is 24.8 Å². The first-order valence-electron chi connectivity index (χ1n) is 8.88. The van der Waals surface area contributed by atoms with E-state index < -0.39 is 17.7 Å². The summed E-state index contributed by atoms with van der Waals surface area (Å²) < 4.78 is 5.05. The van der Waals surface area contributed by atoms with Gasteiger partial charge >= 0.3 is 0 Å². The molecule has 30 heavy (non-hydrogen) atoms. The highest BCUT2D eigenvalue weighted by Gasteiger charge is 2.15. The normalized spacial score (nSPS) is 10.1. The SMILES string of the molecule is COc1ccc(C(=O)NNC(=O)c2ccccc2NC(=O)c2ccc(Cl)cc2)cc1. The first kappa shape index (κ1) is 20.9. The summed E-state index contributed by atoms with van der Waals surface area (Å²) in [5, 5.41) is 3.20. The van der Waals surface area contributed by atoms with Crippen molar-refractivity contribution in [3.05, 3.63) is 94.5 Å². The van der Waals surface area contributed by atoms with E-state index in [0.717, 1.165) is 0 Å². The summed E-state index contributed by atoms with van der Waals surface area (Å²) in [5.41, 5.74) is 5.92. The van der Waals surface area contributed by atoms with Gasteiger partial charge in [-0.05, 0) is 60.7 Å². The van der Waals surface area contributed by atoms with Gasteiger partial charge in [-0.1, -0.05) is 23.7 Å². The van der Waals surface area contributed by atoms with Crippen LogP contribution < -0.4 is 20.9 Å². The molecule has 0 heterocycles. The Morgan fingerprint density at radius 3 is 1.97 bits per heavy atom. The standard InChI is InChI=1S/C22H18ClN3O4/c1-30-17-12-8-15(9-13-17)21(28)25-26-22(29)18-4-2-3-5-19(18)24-20(27)14-6-10-16(23)11-7-14/h2-13H,1H3,(H,24,27)(H,25,28)(H,26,29). The predicted octanol–water partition coefficient (Wildman–Crippen LogP) is 3.68. The number of rotatable bonds is 5. The molecule has 0 aliphatic rings. The van der Waals surface area contributed by atoms with Crippen molar-refractivity contribution in [3.8, 4) is 5.75 Å². The van der Waals surface area contributed by atoms with Crippen LogP contribution >= 0.6 is 11.6 Å². The molecule has 0 fully saturated rings. The lowest BCUT2D eigenvalue weighted by Gasteiger charge is -2.12. The van der Waals surface area contributed by atoms with Crippen LogP contribution in [0.1, 0.15) is 31.1 Å². The minimum absolute atomic E-state index is 0.190. The van der Waals surface area contributed by atoms with Crippen LogP contribution in [0.3, 0.4) is 0 Å². The van der Waals surface area contributed by atoms with Crippen LogP contribution in [0.15, 0.2) is 72.8 Å². The molecule has 0 aliphatic carbocycles. The molecule has 7 nitrogen and oxygen atoms in total. The monoisotopic (exact) mass is 423 g/mol. The van der Waals surface area contributed by atoms with Crippen molar-refractivity contribution in [1.82, 2.24) is 10.9 Å². The number of carbonyl (C=O) groups is 3. The maximum absolute atomic E-state index is 12.5. The summed E-state index contributed by atoms with van der Waals surface area (Å²) >= 11 is 5.84. The van der Waals surface area contributed by atoms with Crippen molar-refractivity contribution < 1.29 is 19.1 Å². The molecule has 0 aromatic heterocycles. The minimum atomic E-state index is -0.580. The van der Waals surface area contributed by atoms with Crippen LogP contribution in [0.4, 0.5) is 5.69 Å². The zero-order chi connectivity index (χ0) is 21.5. The Hall–Kier alpha value is -3.84. The van der Waals surface area contributed by atoms with E-state index in [1.807, 2.05) is 0 Å². The molecule has 3 aromatic rings. The van der Waals surface area contributed by atoms with Crippen LogP contribution in [0.5, 0.6) is 5.75 Å².